The zero-order valence-electron chi connectivity index (χ0n) is 11.7. The maximum atomic E-state index is 11.2. The summed E-state index contributed by atoms with van der Waals surface area (Å²) < 4.78 is 4.71. The second kappa shape index (κ2) is 7.00. The van der Waals surface area contributed by atoms with Crippen molar-refractivity contribution in [3.8, 4) is 0 Å². The Morgan fingerprint density at radius 1 is 1.29 bits per heavy atom. The topological polar surface area (TPSA) is 38.3 Å². The second-order valence-electron chi connectivity index (χ2n) is 5.65. The summed E-state index contributed by atoms with van der Waals surface area (Å²) in [5.41, 5.74) is 0. The van der Waals surface area contributed by atoms with Crippen LogP contribution in [0.3, 0.4) is 0 Å². The number of esters is 1. The molecule has 3 heteroatoms. The number of hydrogen-bond donors (Lipinski definition) is 1. The molecule has 0 aromatic rings. The highest BCUT2D eigenvalue weighted by molar-refractivity contribution is 5.69. The molecule has 0 aromatic carbocycles. The fraction of sp³-hybridized carbons (Fsp3) is 0.929. The van der Waals surface area contributed by atoms with Gasteiger partial charge in [-0.15, -0.1) is 0 Å². The van der Waals surface area contributed by atoms with E-state index in [0.29, 0.717) is 12.5 Å². The smallest absolute Gasteiger partial charge is 0.307 e. The Balaban J connectivity index is 2.44. The molecule has 1 saturated carbocycles. The van der Waals surface area contributed by atoms with Crippen molar-refractivity contribution in [3.05, 3.63) is 0 Å². The van der Waals surface area contributed by atoms with E-state index in [0.717, 1.165) is 11.8 Å². The van der Waals surface area contributed by atoms with Gasteiger partial charge in [0.15, 0.2) is 0 Å². The molecule has 1 aliphatic rings. The van der Waals surface area contributed by atoms with Crippen LogP contribution in [0, 0.1) is 11.8 Å². The minimum Gasteiger partial charge on any atom is -0.469 e. The molecule has 0 saturated heterocycles. The molecule has 0 spiro atoms. The van der Waals surface area contributed by atoms with Crippen LogP contribution in [0.2, 0.25) is 0 Å². The van der Waals surface area contributed by atoms with E-state index in [-0.39, 0.29) is 12.0 Å². The Hall–Kier alpha value is -0.570. The van der Waals surface area contributed by atoms with Crippen molar-refractivity contribution >= 4 is 5.97 Å². The number of hydrogen-bond acceptors (Lipinski definition) is 3. The molecule has 3 nitrogen and oxygen atoms in total. The standard InChI is InChI=1S/C14H27NO2/c1-10(2)12-7-5-6-8-13(12)15-11(3)9-14(16)17-4/h10-13,15H,5-9H2,1-4H3. The molecule has 3 unspecified atom stereocenters. The molecule has 100 valence electrons. The summed E-state index contributed by atoms with van der Waals surface area (Å²) >= 11 is 0. The van der Waals surface area contributed by atoms with Gasteiger partial charge in [0.25, 0.3) is 0 Å². The second-order valence-corrected chi connectivity index (χ2v) is 5.65. The van der Waals surface area contributed by atoms with Crippen LogP contribution in [-0.2, 0) is 9.53 Å². The summed E-state index contributed by atoms with van der Waals surface area (Å²) in [7, 11) is 1.45. The first kappa shape index (κ1) is 14.5. The quantitative estimate of drug-likeness (QED) is 0.752. The summed E-state index contributed by atoms with van der Waals surface area (Å²) in [4.78, 5) is 11.2. The third-order valence-corrected chi connectivity index (χ3v) is 3.87. The van der Waals surface area contributed by atoms with Crippen LogP contribution in [0.1, 0.15) is 52.9 Å². The molecule has 0 aliphatic heterocycles. The summed E-state index contributed by atoms with van der Waals surface area (Å²) in [6.07, 6.45) is 5.70. The van der Waals surface area contributed by atoms with Crippen molar-refractivity contribution < 1.29 is 9.53 Å². The van der Waals surface area contributed by atoms with Gasteiger partial charge in [-0.1, -0.05) is 26.7 Å². The number of methoxy groups -OCH3 is 1. The number of ether oxygens (including phenoxy) is 1. The van der Waals surface area contributed by atoms with Crippen molar-refractivity contribution in [1.82, 2.24) is 5.32 Å². The number of carbonyl (C=O) groups is 1. The summed E-state index contributed by atoms with van der Waals surface area (Å²) in [6.45, 7) is 6.67. The average Bonchev–Trinajstić information content (AvgIpc) is 2.29. The lowest BCUT2D eigenvalue weighted by molar-refractivity contribution is -0.141. The van der Waals surface area contributed by atoms with Crippen LogP contribution < -0.4 is 5.32 Å². The minimum absolute atomic E-state index is 0.123. The highest BCUT2D eigenvalue weighted by Gasteiger charge is 2.28. The van der Waals surface area contributed by atoms with Gasteiger partial charge in [-0.05, 0) is 31.6 Å². The Morgan fingerprint density at radius 2 is 1.94 bits per heavy atom. The summed E-state index contributed by atoms with van der Waals surface area (Å²) in [5, 5.41) is 3.61. The zero-order valence-corrected chi connectivity index (χ0v) is 11.7. The molecular weight excluding hydrogens is 214 g/mol. The molecule has 1 fully saturated rings. The van der Waals surface area contributed by atoms with Crippen LogP contribution in [0.4, 0.5) is 0 Å². The predicted molar refractivity (Wildman–Crippen MR) is 69.8 cm³/mol. The molecule has 17 heavy (non-hydrogen) atoms. The molecule has 0 radical (unpaired) electrons. The third-order valence-electron chi connectivity index (χ3n) is 3.87. The van der Waals surface area contributed by atoms with Gasteiger partial charge in [-0.3, -0.25) is 4.79 Å². The molecule has 0 bridgehead atoms. The Labute approximate surface area is 105 Å². The Morgan fingerprint density at radius 3 is 2.53 bits per heavy atom. The van der Waals surface area contributed by atoms with Crippen molar-refractivity contribution in [2.45, 2.75) is 65.0 Å². The first-order valence-electron chi connectivity index (χ1n) is 6.87. The molecule has 0 heterocycles. The van der Waals surface area contributed by atoms with Crippen molar-refractivity contribution in [2.24, 2.45) is 11.8 Å². The SMILES string of the molecule is COC(=O)CC(C)NC1CCCCC1C(C)C. The van der Waals surface area contributed by atoms with Crippen LogP contribution in [0.5, 0.6) is 0 Å². The summed E-state index contributed by atoms with van der Waals surface area (Å²) in [6, 6.07) is 0.787. The fourth-order valence-electron chi connectivity index (χ4n) is 2.92. The van der Waals surface area contributed by atoms with Gasteiger partial charge in [-0.2, -0.15) is 0 Å². The van der Waals surface area contributed by atoms with E-state index >= 15 is 0 Å². The number of carbonyl (C=O) groups excluding carboxylic acids is 1. The van der Waals surface area contributed by atoms with Gasteiger partial charge in [0.05, 0.1) is 13.5 Å². The maximum absolute atomic E-state index is 11.2. The normalized spacial score (nSPS) is 26.9. The predicted octanol–water partition coefficient (Wildman–Crippen LogP) is 2.74. The number of rotatable bonds is 5. The van der Waals surface area contributed by atoms with E-state index < -0.39 is 0 Å². The molecule has 1 rings (SSSR count). The van der Waals surface area contributed by atoms with E-state index in [1.807, 2.05) is 0 Å². The Bertz CT molecular complexity index is 240. The first-order chi connectivity index (χ1) is 8.04. The van der Waals surface area contributed by atoms with E-state index in [2.05, 4.69) is 26.1 Å². The fourth-order valence-corrected chi connectivity index (χ4v) is 2.92. The lowest BCUT2D eigenvalue weighted by Crippen LogP contribution is -2.45. The number of nitrogens with one attached hydrogen (secondary N) is 1. The monoisotopic (exact) mass is 241 g/mol. The van der Waals surface area contributed by atoms with Gasteiger partial charge in [0.2, 0.25) is 0 Å². The molecular formula is C14H27NO2. The van der Waals surface area contributed by atoms with Crippen molar-refractivity contribution in [2.75, 3.05) is 7.11 Å². The van der Waals surface area contributed by atoms with E-state index in [4.69, 9.17) is 4.74 Å². The highest BCUT2D eigenvalue weighted by atomic mass is 16.5. The lowest BCUT2D eigenvalue weighted by atomic mass is 9.77. The van der Waals surface area contributed by atoms with Gasteiger partial charge >= 0.3 is 5.97 Å². The minimum atomic E-state index is -0.123. The van der Waals surface area contributed by atoms with Gasteiger partial charge < -0.3 is 10.1 Å². The molecule has 1 N–H and O–H groups in total. The lowest BCUT2D eigenvalue weighted by Gasteiger charge is -2.36. The third kappa shape index (κ3) is 4.66. The van der Waals surface area contributed by atoms with E-state index in [1.54, 1.807) is 0 Å². The zero-order chi connectivity index (χ0) is 12.8. The van der Waals surface area contributed by atoms with Crippen molar-refractivity contribution in [1.29, 1.82) is 0 Å². The van der Waals surface area contributed by atoms with Crippen LogP contribution in [0.15, 0.2) is 0 Å². The average molecular weight is 241 g/mol. The molecule has 3 atom stereocenters. The van der Waals surface area contributed by atoms with Crippen LogP contribution in [-0.4, -0.2) is 25.2 Å². The van der Waals surface area contributed by atoms with Crippen LogP contribution >= 0.6 is 0 Å². The molecule has 0 aromatic heterocycles. The summed E-state index contributed by atoms with van der Waals surface area (Å²) in [5.74, 6) is 1.35. The van der Waals surface area contributed by atoms with Gasteiger partial charge in [-0.25, -0.2) is 0 Å². The maximum Gasteiger partial charge on any atom is 0.307 e. The molecule has 1 aliphatic carbocycles. The van der Waals surface area contributed by atoms with Gasteiger partial charge in [0, 0.05) is 12.1 Å². The molecule has 0 amide bonds. The van der Waals surface area contributed by atoms with E-state index in [9.17, 15) is 4.79 Å². The Kier molecular flexibility index (Phi) is 5.96. The van der Waals surface area contributed by atoms with Crippen LogP contribution in [0.25, 0.3) is 0 Å². The highest BCUT2D eigenvalue weighted by Crippen LogP contribution is 2.30. The first-order valence-corrected chi connectivity index (χ1v) is 6.87. The largest absolute Gasteiger partial charge is 0.469 e. The van der Waals surface area contributed by atoms with Crippen molar-refractivity contribution in [3.63, 3.8) is 0 Å². The van der Waals surface area contributed by atoms with Gasteiger partial charge in [0.1, 0.15) is 0 Å². The van der Waals surface area contributed by atoms with E-state index in [1.165, 1.54) is 32.8 Å².